The molecule has 0 atom stereocenters. The van der Waals surface area contributed by atoms with Crippen LogP contribution in [0, 0.1) is 5.92 Å². The zero-order valence-corrected chi connectivity index (χ0v) is 12.9. The second kappa shape index (κ2) is 7.71. The topological polar surface area (TPSA) is 57.4 Å². The summed E-state index contributed by atoms with van der Waals surface area (Å²) < 4.78 is 5.30. The molecular weight excluding hydrogens is 254 g/mol. The van der Waals surface area contributed by atoms with Crippen LogP contribution in [0.15, 0.2) is 4.52 Å². The molecule has 1 N–H and O–H groups in total. The Morgan fingerprint density at radius 1 is 1.35 bits per heavy atom. The van der Waals surface area contributed by atoms with Crippen LogP contribution in [0.1, 0.15) is 25.6 Å². The van der Waals surface area contributed by atoms with Crippen LogP contribution in [0.2, 0.25) is 0 Å². The monoisotopic (exact) mass is 281 g/mol. The molecule has 1 saturated heterocycles. The van der Waals surface area contributed by atoms with Gasteiger partial charge in [-0.3, -0.25) is 9.80 Å². The van der Waals surface area contributed by atoms with Crippen molar-refractivity contribution in [2.24, 2.45) is 5.92 Å². The summed E-state index contributed by atoms with van der Waals surface area (Å²) in [5.74, 6) is 2.11. The van der Waals surface area contributed by atoms with Gasteiger partial charge in [-0.25, -0.2) is 0 Å². The first-order valence-corrected chi connectivity index (χ1v) is 7.56. The van der Waals surface area contributed by atoms with Gasteiger partial charge in [0.05, 0.1) is 6.54 Å². The van der Waals surface area contributed by atoms with E-state index in [2.05, 4.69) is 46.2 Å². The fraction of sp³-hybridized carbons (Fsp3) is 0.857. The molecule has 0 aliphatic carbocycles. The van der Waals surface area contributed by atoms with Gasteiger partial charge in [0.15, 0.2) is 5.82 Å². The van der Waals surface area contributed by atoms with Gasteiger partial charge in [-0.2, -0.15) is 4.98 Å². The van der Waals surface area contributed by atoms with E-state index in [1.165, 1.54) is 0 Å². The third-order valence-corrected chi connectivity index (χ3v) is 3.51. The minimum Gasteiger partial charge on any atom is -0.338 e. The lowest BCUT2D eigenvalue weighted by atomic mass is 10.1. The highest BCUT2D eigenvalue weighted by Crippen LogP contribution is 2.06. The molecule has 2 rings (SSSR count). The second-order valence-electron chi connectivity index (χ2n) is 6.03. The summed E-state index contributed by atoms with van der Waals surface area (Å²) in [5.41, 5.74) is 0. The van der Waals surface area contributed by atoms with Crippen LogP contribution in [0.3, 0.4) is 0 Å². The van der Waals surface area contributed by atoms with Crippen LogP contribution < -0.4 is 5.32 Å². The first-order chi connectivity index (χ1) is 9.63. The largest absolute Gasteiger partial charge is 0.338 e. The van der Waals surface area contributed by atoms with Crippen molar-refractivity contribution in [3.63, 3.8) is 0 Å². The number of likely N-dealkylation sites (N-methyl/N-ethyl adjacent to an activating group) is 1. The van der Waals surface area contributed by atoms with E-state index in [1.807, 2.05) is 0 Å². The number of rotatable bonds is 7. The zero-order valence-electron chi connectivity index (χ0n) is 12.9. The lowest BCUT2D eigenvalue weighted by Gasteiger charge is -2.28. The number of aromatic nitrogens is 2. The highest BCUT2D eigenvalue weighted by Gasteiger charge is 2.13. The quantitative estimate of drug-likeness (QED) is 0.790. The van der Waals surface area contributed by atoms with Crippen LogP contribution in [0.25, 0.3) is 0 Å². The van der Waals surface area contributed by atoms with Gasteiger partial charge in [0.2, 0.25) is 5.89 Å². The number of piperazine rings is 1. The highest BCUT2D eigenvalue weighted by atomic mass is 16.5. The molecule has 1 aliphatic rings. The molecule has 6 heteroatoms. The maximum Gasteiger partial charge on any atom is 0.240 e. The number of nitrogens with one attached hydrogen (secondary N) is 1. The van der Waals surface area contributed by atoms with E-state index in [0.717, 1.165) is 63.9 Å². The second-order valence-corrected chi connectivity index (χ2v) is 6.03. The summed E-state index contributed by atoms with van der Waals surface area (Å²) in [7, 11) is 2.11. The van der Waals surface area contributed by atoms with E-state index in [-0.39, 0.29) is 0 Å². The van der Waals surface area contributed by atoms with Gasteiger partial charge in [-0.15, -0.1) is 0 Å². The number of hydrogen-bond donors (Lipinski definition) is 1. The molecule has 1 aromatic heterocycles. The molecule has 0 saturated carbocycles. The Morgan fingerprint density at radius 2 is 2.10 bits per heavy atom. The van der Waals surface area contributed by atoms with Crippen LogP contribution in [0.5, 0.6) is 0 Å². The first-order valence-electron chi connectivity index (χ1n) is 7.56. The first kappa shape index (κ1) is 15.4. The van der Waals surface area contributed by atoms with Crippen molar-refractivity contribution < 1.29 is 4.52 Å². The van der Waals surface area contributed by atoms with Gasteiger partial charge < -0.3 is 9.84 Å². The summed E-state index contributed by atoms with van der Waals surface area (Å²) >= 11 is 0. The predicted octanol–water partition coefficient (Wildman–Crippen LogP) is 0.605. The van der Waals surface area contributed by atoms with E-state index >= 15 is 0 Å². The van der Waals surface area contributed by atoms with Crippen molar-refractivity contribution in [3.05, 3.63) is 11.7 Å². The Bertz CT molecular complexity index is 387. The molecule has 2 heterocycles. The van der Waals surface area contributed by atoms with Gasteiger partial charge in [-0.1, -0.05) is 19.0 Å². The van der Waals surface area contributed by atoms with E-state index in [4.69, 9.17) is 4.52 Å². The Hall–Kier alpha value is -0.980. The molecule has 0 aromatic carbocycles. The summed E-state index contributed by atoms with van der Waals surface area (Å²) in [6.45, 7) is 11.7. The molecule has 114 valence electrons. The van der Waals surface area contributed by atoms with E-state index < -0.39 is 0 Å². The molecule has 1 fully saturated rings. The molecule has 1 aliphatic heterocycles. The average Bonchev–Trinajstić information content (AvgIpc) is 2.84. The van der Waals surface area contributed by atoms with Gasteiger partial charge in [0.25, 0.3) is 0 Å². The minimum atomic E-state index is 0.561. The third-order valence-electron chi connectivity index (χ3n) is 3.51. The van der Waals surface area contributed by atoms with E-state index in [0.29, 0.717) is 5.92 Å². The van der Waals surface area contributed by atoms with Crippen molar-refractivity contribution >= 4 is 0 Å². The summed E-state index contributed by atoms with van der Waals surface area (Å²) in [4.78, 5) is 9.18. The Balaban J connectivity index is 1.70. The number of hydrogen-bond acceptors (Lipinski definition) is 6. The van der Waals surface area contributed by atoms with Crippen LogP contribution in [-0.2, 0) is 13.0 Å². The molecule has 20 heavy (non-hydrogen) atoms. The maximum atomic E-state index is 5.30. The summed E-state index contributed by atoms with van der Waals surface area (Å²) in [5, 5.41) is 7.40. The van der Waals surface area contributed by atoms with Gasteiger partial charge in [0, 0.05) is 45.7 Å². The molecule has 1 aromatic rings. The summed E-state index contributed by atoms with van der Waals surface area (Å²) in [6, 6.07) is 0. The SMILES string of the molecule is CC(C)Cc1noc(CN(C)CCN2CCNCC2)n1. The highest BCUT2D eigenvalue weighted by molar-refractivity contribution is 4.87. The van der Waals surface area contributed by atoms with Crippen LogP contribution in [-0.4, -0.2) is 66.3 Å². The Labute approximate surface area is 121 Å². The molecular formula is C14H27N5O. The fourth-order valence-corrected chi connectivity index (χ4v) is 2.36. The van der Waals surface area contributed by atoms with Crippen molar-refractivity contribution in [1.29, 1.82) is 0 Å². The minimum absolute atomic E-state index is 0.561. The number of nitrogens with zero attached hydrogens (tertiary/aromatic N) is 4. The molecule has 0 spiro atoms. The molecule has 6 nitrogen and oxygen atoms in total. The van der Waals surface area contributed by atoms with Crippen molar-refractivity contribution in [3.8, 4) is 0 Å². The predicted molar refractivity (Wildman–Crippen MR) is 78.5 cm³/mol. The van der Waals surface area contributed by atoms with Gasteiger partial charge >= 0.3 is 0 Å². The third kappa shape index (κ3) is 5.19. The fourth-order valence-electron chi connectivity index (χ4n) is 2.36. The lowest BCUT2D eigenvalue weighted by Crippen LogP contribution is -2.45. The van der Waals surface area contributed by atoms with Gasteiger partial charge in [-0.05, 0) is 13.0 Å². The van der Waals surface area contributed by atoms with E-state index in [9.17, 15) is 0 Å². The Kier molecular flexibility index (Phi) is 5.94. The van der Waals surface area contributed by atoms with Crippen molar-refractivity contribution in [2.75, 3.05) is 46.3 Å². The maximum absolute atomic E-state index is 5.30. The Morgan fingerprint density at radius 3 is 2.80 bits per heavy atom. The normalized spacial score (nSPS) is 17.2. The van der Waals surface area contributed by atoms with Crippen LogP contribution >= 0.6 is 0 Å². The zero-order chi connectivity index (χ0) is 14.4. The van der Waals surface area contributed by atoms with Crippen molar-refractivity contribution in [2.45, 2.75) is 26.8 Å². The van der Waals surface area contributed by atoms with E-state index in [1.54, 1.807) is 0 Å². The molecule has 0 amide bonds. The molecule has 0 unspecified atom stereocenters. The smallest absolute Gasteiger partial charge is 0.240 e. The summed E-state index contributed by atoms with van der Waals surface area (Å²) in [6.07, 6.45) is 0.883. The van der Waals surface area contributed by atoms with Crippen LogP contribution in [0.4, 0.5) is 0 Å². The molecule has 0 bridgehead atoms. The van der Waals surface area contributed by atoms with Gasteiger partial charge in [0.1, 0.15) is 0 Å². The molecule has 0 radical (unpaired) electrons. The van der Waals surface area contributed by atoms with Crippen molar-refractivity contribution in [1.82, 2.24) is 25.3 Å². The standard InChI is InChI=1S/C14H27N5O/c1-12(2)10-13-16-14(20-17-13)11-18(3)8-9-19-6-4-15-5-7-19/h12,15H,4-11H2,1-3H3. The average molecular weight is 281 g/mol. The lowest BCUT2D eigenvalue weighted by molar-refractivity contribution is 0.192.